The Kier molecular flexibility index (Phi) is 5.58. The summed E-state index contributed by atoms with van der Waals surface area (Å²) in [5, 5.41) is 0.459. The summed E-state index contributed by atoms with van der Waals surface area (Å²) in [5.74, 6) is 0.436. The Morgan fingerprint density at radius 3 is 2.59 bits per heavy atom. The van der Waals surface area contributed by atoms with Crippen LogP contribution >= 0.6 is 11.6 Å². The third-order valence-electron chi connectivity index (χ3n) is 4.72. The van der Waals surface area contributed by atoms with Crippen LogP contribution in [0.2, 0.25) is 5.02 Å². The van der Waals surface area contributed by atoms with E-state index in [-0.39, 0.29) is 5.75 Å². The fraction of sp³-hybridized carbons (Fsp3) is 0.0909. The number of allylic oxidation sites excluding steroid dienone is 1. The van der Waals surface area contributed by atoms with Gasteiger partial charge in [0.05, 0.1) is 10.9 Å². The van der Waals surface area contributed by atoms with Gasteiger partial charge in [-0.1, -0.05) is 65.1 Å². The van der Waals surface area contributed by atoms with Gasteiger partial charge in [-0.2, -0.15) is 0 Å². The Morgan fingerprint density at radius 1 is 1.14 bits per heavy atom. The van der Waals surface area contributed by atoms with E-state index in [1.54, 1.807) is 42.7 Å². The van der Waals surface area contributed by atoms with Crippen LogP contribution in [0.1, 0.15) is 28.2 Å². The number of halogens is 1. The van der Waals surface area contributed by atoms with E-state index in [2.05, 4.69) is 4.98 Å². The van der Waals surface area contributed by atoms with Gasteiger partial charge >= 0.3 is 0 Å². The van der Waals surface area contributed by atoms with Crippen molar-refractivity contribution >= 4 is 40.3 Å². The molecule has 0 amide bonds. The largest absolute Gasteiger partial charge is 0.772 e. The highest BCUT2D eigenvalue weighted by Crippen LogP contribution is 2.47. The van der Waals surface area contributed by atoms with E-state index in [9.17, 15) is 13.6 Å². The predicted octanol–water partition coefficient (Wildman–Crippen LogP) is 4.36. The smallest absolute Gasteiger partial charge is 0.139 e. The summed E-state index contributed by atoms with van der Waals surface area (Å²) in [7, 11) is 0. The minimum absolute atomic E-state index is 0.0682. The SMILES string of the molecule is O=CC1C(c2cnccc2Cl)=C(c2ccc(CS(=O)[O-])cc2)Oc2ccccc21. The molecule has 0 fully saturated rings. The molecular formula is C22H15ClNO4S-. The van der Waals surface area contributed by atoms with Gasteiger partial charge in [-0.15, -0.1) is 0 Å². The highest BCUT2D eigenvalue weighted by atomic mass is 35.5. The van der Waals surface area contributed by atoms with Gasteiger partial charge in [0.2, 0.25) is 0 Å². The summed E-state index contributed by atoms with van der Waals surface area (Å²) >= 11 is 4.26. The zero-order valence-electron chi connectivity index (χ0n) is 15.1. The van der Waals surface area contributed by atoms with E-state index >= 15 is 0 Å². The minimum Gasteiger partial charge on any atom is -0.772 e. The molecule has 2 aromatic carbocycles. The van der Waals surface area contributed by atoms with Crippen molar-refractivity contribution in [2.24, 2.45) is 0 Å². The van der Waals surface area contributed by atoms with Crippen molar-refractivity contribution in [1.82, 2.24) is 4.98 Å². The molecule has 4 rings (SSSR count). The molecule has 0 aliphatic carbocycles. The molecule has 0 radical (unpaired) electrons. The van der Waals surface area contributed by atoms with Crippen LogP contribution in [0.3, 0.4) is 0 Å². The number of hydrogen-bond donors (Lipinski definition) is 0. The van der Waals surface area contributed by atoms with Gasteiger partial charge in [-0.3, -0.25) is 9.19 Å². The molecule has 0 saturated heterocycles. The number of benzene rings is 2. The first kappa shape index (κ1) is 19.5. The molecule has 0 spiro atoms. The zero-order chi connectivity index (χ0) is 20.4. The fourth-order valence-corrected chi connectivity index (χ4v) is 4.07. The summed E-state index contributed by atoms with van der Waals surface area (Å²) in [6.45, 7) is 0. The van der Waals surface area contributed by atoms with Gasteiger partial charge in [0, 0.05) is 40.4 Å². The lowest BCUT2D eigenvalue weighted by molar-refractivity contribution is -0.108. The molecule has 1 aromatic heterocycles. The monoisotopic (exact) mass is 424 g/mol. The number of ether oxygens (including phenoxy) is 1. The normalized spacial score (nSPS) is 16.7. The van der Waals surface area contributed by atoms with E-state index in [0.717, 1.165) is 11.8 Å². The van der Waals surface area contributed by atoms with Crippen LogP contribution in [-0.2, 0) is 21.6 Å². The molecule has 2 atom stereocenters. The van der Waals surface area contributed by atoms with Crippen molar-refractivity contribution in [2.45, 2.75) is 11.7 Å². The molecule has 7 heteroatoms. The Morgan fingerprint density at radius 2 is 1.90 bits per heavy atom. The molecule has 2 unspecified atom stereocenters. The first-order valence-electron chi connectivity index (χ1n) is 8.79. The van der Waals surface area contributed by atoms with Crippen molar-refractivity contribution < 1.29 is 18.3 Å². The molecule has 5 nitrogen and oxygen atoms in total. The molecule has 2 heterocycles. The van der Waals surface area contributed by atoms with Crippen molar-refractivity contribution in [1.29, 1.82) is 0 Å². The number of nitrogens with zero attached hydrogens (tertiary/aromatic N) is 1. The first-order valence-corrected chi connectivity index (χ1v) is 10.4. The van der Waals surface area contributed by atoms with Gasteiger partial charge in [-0.25, -0.2) is 0 Å². The van der Waals surface area contributed by atoms with E-state index in [1.165, 1.54) is 0 Å². The third-order valence-corrected chi connectivity index (χ3v) is 5.62. The maximum atomic E-state index is 12.1. The van der Waals surface area contributed by atoms with Crippen LogP contribution in [-0.4, -0.2) is 20.0 Å². The minimum atomic E-state index is -2.17. The van der Waals surface area contributed by atoms with Gasteiger partial charge < -0.3 is 14.1 Å². The molecule has 146 valence electrons. The van der Waals surface area contributed by atoms with Crippen LogP contribution in [0.4, 0.5) is 0 Å². The number of hydrogen-bond acceptors (Lipinski definition) is 5. The summed E-state index contributed by atoms with van der Waals surface area (Å²) in [5.41, 5.74) is 3.35. The fourth-order valence-electron chi connectivity index (χ4n) is 3.40. The van der Waals surface area contributed by atoms with Crippen LogP contribution in [0.5, 0.6) is 5.75 Å². The number of para-hydroxylation sites is 1. The molecule has 0 bridgehead atoms. The molecule has 3 aromatic rings. The number of pyridine rings is 1. The lowest BCUT2D eigenvalue weighted by atomic mass is 9.84. The molecule has 0 saturated carbocycles. The second kappa shape index (κ2) is 8.29. The van der Waals surface area contributed by atoms with Crippen molar-refractivity contribution in [3.63, 3.8) is 0 Å². The number of rotatable bonds is 5. The topological polar surface area (TPSA) is 79.3 Å². The predicted molar refractivity (Wildman–Crippen MR) is 111 cm³/mol. The van der Waals surface area contributed by atoms with Crippen molar-refractivity contribution in [3.05, 3.63) is 94.3 Å². The summed E-state index contributed by atoms with van der Waals surface area (Å²) < 4.78 is 28.1. The number of carbonyl (C=O) groups excluding carboxylic acids is 1. The lowest BCUT2D eigenvalue weighted by Crippen LogP contribution is -2.16. The van der Waals surface area contributed by atoms with Crippen LogP contribution in [0.15, 0.2) is 67.0 Å². The van der Waals surface area contributed by atoms with E-state index in [4.69, 9.17) is 16.3 Å². The number of carbonyl (C=O) groups is 1. The summed E-state index contributed by atoms with van der Waals surface area (Å²) in [6.07, 6.45) is 4.06. The number of aromatic nitrogens is 1. The second-order valence-electron chi connectivity index (χ2n) is 6.50. The number of fused-ring (bicyclic) bond motifs is 1. The maximum absolute atomic E-state index is 12.1. The van der Waals surface area contributed by atoms with Gasteiger partial charge in [-0.05, 0) is 17.7 Å². The lowest BCUT2D eigenvalue weighted by Gasteiger charge is -2.28. The van der Waals surface area contributed by atoms with Gasteiger partial charge in [0.25, 0.3) is 0 Å². The second-order valence-corrected chi connectivity index (χ2v) is 7.80. The Bertz CT molecular complexity index is 1130. The van der Waals surface area contributed by atoms with Crippen molar-refractivity contribution in [3.8, 4) is 5.75 Å². The first-order chi connectivity index (χ1) is 14.1. The Balaban J connectivity index is 1.91. The molecule has 1 aliphatic rings. The number of aldehydes is 1. The van der Waals surface area contributed by atoms with Crippen LogP contribution in [0, 0.1) is 0 Å². The van der Waals surface area contributed by atoms with E-state index in [0.29, 0.717) is 38.8 Å². The van der Waals surface area contributed by atoms with Crippen LogP contribution < -0.4 is 4.74 Å². The molecule has 29 heavy (non-hydrogen) atoms. The van der Waals surface area contributed by atoms with Gasteiger partial charge in [0.15, 0.2) is 0 Å². The molecular weight excluding hydrogens is 410 g/mol. The van der Waals surface area contributed by atoms with Gasteiger partial charge in [0.1, 0.15) is 17.8 Å². The average Bonchev–Trinajstić information content (AvgIpc) is 2.73. The average molecular weight is 425 g/mol. The molecule has 1 aliphatic heterocycles. The zero-order valence-corrected chi connectivity index (χ0v) is 16.7. The Labute approximate surface area is 175 Å². The maximum Gasteiger partial charge on any atom is 0.139 e. The summed E-state index contributed by atoms with van der Waals surface area (Å²) in [4.78, 5) is 16.3. The van der Waals surface area contributed by atoms with E-state index < -0.39 is 17.0 Å². The summed E-state index contributed by atoms with van der Waals surface area (Å²) in [6, 6.07) is 16.0. The van der Waals surface area contributed by atoms with Crippen LogP contribution in [0.25, 0.3) is 11.3 Å². The van der Waals surface area contributed by atoms with Crippen molar-refractivity contribution in [2.75, 3.05) is 0 Å². The quantitative estimate of drug-likeness (QED) is 0.449. The standard InChI is InChI=1S/C22H16ClNO4S/c23-19-9-10-24-11-17(19)21-18(12-25)16-3-1-2-4-20(16)28-22(21)15-7-5-14(6-8-15)13-29(26)27/h1-12,18H,13H2,(H,26,27)/p-1. The third kappa shape index (κ3) is 3.87. The highest BCUT2D eigenvalue weighted by Gasteiger charge is 2.32. The molecule has 0 N–H and O–H groups in total. The van der Waals surface area contributed by atoms with E-state index in [1.807, 2.05) is 24.3 Å². The Hall–Kier alpha value is -2.80. The highest BCUT2D eigenvalue weighted by molar-refractivity contribution is 7.78.